The van der Waals surface area contributed by atoms with E-state index >= 15 is 0 Å². The van der Waals surface area contributed by atoms with Gasteiger partial charge < -0.3 is 24.9 Å². The maximum absolute atomic E-state index is 13.4. The highest BCUT2D eigenvalue weighted by atomic mass is 16.2. The molecule has 0 saturated carbocycles. The van der Waals surface area contributed by atoms with Crippen molar-refractivity contribution in [1.82, 2.24) is 15.1 Å². The Kier molecular flexibility index (Phi) is 9.73. The average Bonchev–Trinajstić information content (AvgIpc) is 3.49. The monoisotopic (exact) mass is 714 g/mol. The van der Waals surface area contributed by atoms with Crippen LogP contribution in [0.5, 0.6) is 0 Å². The predicted octanol–water partition coefficient (Wildman–Crippen LogP) is 4.55. The van der Waals surface area contributed by atoms with Gasteiger partial charge in [0.1, 0.15) is 12.1 Å². The zero-order valence-corrected chi connectivity index (χ0v) is 30.7. The number of anilines is 4. The van der Waals surface area contributed by atoms with E-state index in [-0.39, 0.29) is 23.1 Å². The minimum atomic E-state index is -0.392. The number of nitriles is 1. The van der Waals surface area contributed by atoms with Crippen molar-refractivity contribution in [2.24, 2.45) is 11.3 Å². The fourth-order valence-electron chi connectivity index (χ4n) is 9.29. The van der Waals surface area contributed by atoms with Gasteiger partial charge in [0.15, 0.2) is 0 Å². The van der Waals surface area contributed by atoms with Crippen molar-refractivity contribution in [2.45, 2.75) is 51.1 Å². The summed E-state index contributed by atoms with van der Waals surface area (Å²) in [6.07, 6.45) is 4.28. The molecule has 3 amide bonds. The molecule has 5 fully saturated rings. The number of likely N-dealkylation sites (tertiary alicyclic amines) is 1. The van der Waals surface area contributed by atoms with Gasteiger partial charge in [-0.15, -0.1) is 0 Å². The Morgan fingerprint density at radius 3 is 2.38 bits per heavy atom. The number of para-hydroxylation sites is 1. The van der Waals surface area contributed by atoms with Gasteiger partial charge in [-0.05, 0) is 92.6 Å². The summed E-state index contributed by atoms with van der Waals surface area (Å²) in [5.74, 6) is 0.152. The first-order chi connectivity index (χ1) is 25.8. The van der Waals surface area contributed by atoms with Gasteiger partial charge in [-0.25, -0.2) is 0 Å². The quantitative estimate of drug-likeness (QED) is 0.325. The molecule has 276 valence electrons. The van der Waals surface area contributed by atoms with Crippen LogP contribution in [-0.4, -0.2) is 105 Å². The number of benzene rings is 3. The number of piperazine rings is 1. The summed E-state index contributed by atoms with van der Waals surface area (Å²) in [7, 11) is 0. The maximum Gasteiger partial charge on any atom is 0.253 e. The largest absolute Gasteiger partial charge is 0.374 e. The molecule has 8 rings (SSSR count). The van der Waals surface area contributed by atoms with E-state index in [0.29, 0.717) is 24.8 Å². The fourth-order valence-corrected chi connectivity index (χ4v) is 9.29. The molecular formula is C42H50N8O3. The third kappa shape index (κ3) is 7.42. The third-order valence-electron chi connectivity index (χ3n) is 12.3. The van der Waals surface area contributed by atoms with Gasteiger partial charge in [0.05, 0.1) is 11.3 Å². The van der Waals surface area contributed by atoms with Crippen molar-refractivity contribution >= 4 is 40.5 Å². The lowest BCUT2D eigenvalue weighted by Gasteiger charge is -2.44. The van der Waals surface area contributed by atoms with Gasteiger partial charge in [0, 0.05) is 106 Å². The lowest BCUT2D eigenvalue weighted by atomic mass is 9.76. The molecule has 0 bridgehead atoms. The molecular weight excluding hydrogens is 665 g/mol. The Hall–Kier alpha value is -5.08. The van der Waals surface area contributed by atoms with Crippen LogP contribution in [0, 0.1) is 22.7 Å². The second-order valence-corrected chi connectivity index (χ2v) is 15.9. The number of carbonyl (C=O) groups is 3. The fraction of sp³-hybridized carbons (Fsp3) is 0.476. The van der Waals surface area contributed by atoms with Crippen LogP contribution in [0.3, 0.4) is 0 Å². The van der Waals surface area contributed by atoms with Gasteiger partial charge in [-0.1, -0.05) is 18.2 Å². The zero-order valence-electron chi connectivity index (χ0n) is 30.7. The number of carbonyl (C=O) groups excluding carboxylic acids is 3. The van der Waals surface area contributed by atoms with Gasteiger partial charge in [-0.3, -0.25) is 24.6 Å². The molecule has 3 aromatic carbocycles. The number of imide groups is 1. The number of hydrogen-bond donors (Lipinski definition) is 2. The van der Waals surface area contributed by atoms with Crippen LogP contribution >= 0.6 is 0 Å². The number of nitrogens with one attached hydrogen (secondary N) is 2. The minimum absolute atomic E-state index is 0.124. The summed E-state index contributed by atoms with van der Waals surface area (Å²) in [6, 6.07) is 26.8. The molecule has 5 heterocycles. The van der Waals surface area contributed by atoms with E-state index in [9.17, 15) is 19.6 Å². The van der Waals surface area contributed by atoms with Gasteiger partial charge in [0.2, 0.25) is 11.8 Å². The molecule has 2 atom stereocenters. The molecule has 5 aliphatic rings. The third-order valence-corrected chi connectivity index (χ3v) is 12.3. The molecule has 5 aliphatic heterocycles. The topological polar surface area (TPSA) is 115 Å². The van der Waals surface area contributed by atoms with Crippen molar-refractivity contribution in [1.29, 1.82) is 5.26 Å². The smallest absolute Gasteiger partial charge is 0.253 e. The Labute approximate surface area is 312 Å². The Bertz CT molecular complexity index is 1870. The molecule has 5 saturated heterocycles. The zero-order chi connectivity index (χ0) is 36.5. The summed E-state index contributed by atoms with van der Waals surface area (Å²) < 4.78 is 0. The van der Waals surface area contributed by atoms with Crippen molar-refractivity contribution in [2.75, 3.05) is 85.5 Å². The average molecular weight is 715 g/mol. The molecule has 11 heteroatoms. The summed E-state index contributed by atoms with van der Waals surface area (Å²) in [5, 5.41) is 15.4. The first kappa shape index (κ1) is 35.0. The lowest BCUT2D eigenvalue weighted by Crippen LogP contribution is -2.56. The van der Waals surface area contributed by atoms with Gasteiger partial charge >= 0.3 is 0 Å². The molecule has 0 radical (unpaired) electrons. The molecule has 0 aliphatic carbocycles. The number of amides is 3. The van der Waals surface area contributed by atoms with Crippen LogP contribution < -0.4 is 25.3 Å². The van der Waals surface area contributed by atoms with Crippen LogP contribution in [0.25, 0.3) is 0 Å². The first-order valence-electron chi connectivity index (χ1n) is 19.3. The van der Waals surface area contributed by atoms with Crippen LogP contribution in [0.15, 0.2) is 72.8 Å². The summed E-state index contributed by atoms with van der Waals surface area (Å²) in [6.45, 7) is 11.7. The summed E-state index contributed by atoms with van der Waals surface area (Å²) in [4.78, 5) is 48.8. The van der Waals surface area contributed by atoms with E-state index < -0.39 is 6.04 Å². The van der Waals surface area contributed by atoms with Crippen LogP contribution in [-0.2, 0) is 9.59 Å². The normalized spacial score (nSPS) is 23.5. The van der Waals surface area contributed by atoms with Crippen LogP contribution in [0.2, 0.25) is 0 Å². The van der Waals surface area contributed by atoms with Gasteiger partial charge in [0.25, 0.3) is 5.91 Å². The first-order valence-corrected chi connectivity index (χ1v) is 19.3. The Morgan fingerprint density at radius 2 is 1.64 bits per heavy atom. The van der Waals surface area contributed by atoms with Crippen molar-refractivity contribution in [3.8, 4) is 6.07 Å². The standard InChI is InChI=1S/C42H50N8O3/c1-30-24-42(29-50(30)38-8-3-2-5-33(38)25-43)15-17-47(18-16-42)35-11-9-32(10-12-35)41(53)49-27-31(28-49)26-46-19-21-48(22-20-46)36-7-4-6-34(23-36)44-37-13-14-39(51)45-40(37)52/h2-12,23,30-31,37,44H,13-22,24,26-29H2,1H3,(H,45,51,52)/t30-,37?/m0/s1. The van der Waals surface area contributed by atoms with Crippen molar-refractivity contribution < 1.29 is 14.4 Å². The molecule has 1 spiro atoms. The van der Waals surface area contributed by atoms with Crippen LogP contribution in [0.4, 0.5) is 22.7 Å². The minimum Gasteiger partial charge on any atom is -0.374 e. The molecule has 1 unspecified atom stereocenters. The highest BCUT2D eigenvalue weighted by molar-refractivity contribution is 6.01. The second-order valence-electron chi connectivity index (χ2n) is 15.9. The van der Waals surface area contributed by atoms with E-state index in [4.69, 9.17) is 0 Å². The SMILES string of the molecule is C[C@H]1CC2(CCN(c3ccc(C(=O)N4CC(CN5CCN(c6cccc(NC7CCC(=O)NC7=O)c6)CC5)C4)cc3)CC2)CN1c1ccccc1C#N. The highest BCUT2D eigenvalue weighted by Gasteiger charge is 2.44. The number of nitrogens with zero attached hydrogens (tertiary/aromatic N) is 6. The molecule has 2 N–H and O–H groups in total. The highest BCUT2D eigenvalue weighted by Crippen LogP contribution is 2.46. The van der Waals surface area contributed by atoms with E-state index in [0.717, 1.165) is 113 Å². The van der Waals surface area contributed by atoms with Crippen LogP contribution in [0.1, 0.15) is 54.9 Å². The summed E-state index contributed by atoms with van der Waals surface area (Å²) in [5.41, 5.74) is 6.08. The molecule has 11 nitrogen and oxygen atoms in total. The molecule has 3 aromatic rings. The summed E-state index contributed by atoms with van der Waals surface area (Å²) >= 11 is 0. The van der Waals surface area contributed by atoms with E-state index in [2.05, 4.69) is 73.6 Å². The second kappa shape index (κ2) is 14.7. The van der Waals surface area contributed by atoms with Crippen molar-refractivity contribution in [3.05, 3.63) is 83.9 Å². The molecule has 0 aromatic heterocycles. The lowest BCUT2D eigenvalue weighted by molar-refractivity contribution is -0.133. The number of piperidine rings is 2. The number of hydrogen-bond acceptors (Lipinski definition) is 9. The predicted molar refractivity (Wildman–Crippen MR) is 207 cm³/mol. The molecule has 53 heavy (non-hydrogen) atoms. The van der Waals surface area contributed by atoms with Crippen molar-refractivity contribution in [3.63, 3.8) is 0 Å². The van der Waals surface area contributed by atoms with E-state index in [1.54, 1.807) is 0 Å². The van der Waals surface area contributed by atoms with Gasteiger partial charge in [-0.2, -0.15) is 5.26 Å². The maximum atomic E-state index is 13.4. The number of rotatable bonds is 8. The van der Waals surface area contributed by atoms with E-state index in [1.807, 2.05) is 47.4 Å². The Morgan fingerprint density at radius 1 is 0.906 bits per heavy atom. The Balaban J connectivity index is 0.766. The van der Waals surface area contributed by atoms with E-state index in [1.165, 1.54) is 5.69 Å².